The molecular weight excluding hydrogens is 486 g/mol. The van der Waals surface area contributed by atoms with Crippen molar-refractivity contribution in [2.75, 3.05) is 40.8 Å². The largest absolute Gasteiger partial charge is 0.481 e. The highest BCUT2D eigenvalue weighted by atomic mass is 16.5. The standard InChI is InChI=1S/C32H51N5O2/c1-25-27(24-26-12-8-13-26)14-9-19-32(36(2)3,28-15-6-5-7-16-28)20-10-22-37(31(25)38)23-11-21-35-29(33)17-18-30(34)39-4/h5-7,15-18,25-27,34H,8-14,19-24H2,1-4H3,(H2,33,35)/b18-17-,34-30?/t25?,27?,32-/m1/s1. The number of amidine groups is 1. The second-order valence-electron chi connectivity index (χ2n) is 11.8. The van der Waals surface area contributed by atoms with Crippen LogP contribution in [0.1, 0.15) is 76.7 Å². The second-order valence-corrected chi connectivity index (χ2v) is 11.8. The maximum absolute atomic E-state index is 13.9. The number of nitrogens with two attached hydrogens (primary N) is 1. The highest BCUT2D eigenvalue weighted by Gasteiger charge is 2.37. The lowest BCUT2D eigenvalue weighted by atomic mass is 9.73. The van der Waals surface area contributed by atoms with Crippen molar-refractivity contribution in [3.63, 3.8) is 0 Å². The third-order valence-corrected chi connectivity index (χ3v) is 9.13. The summed E-state index contributed by atoms with van der Waals surface area (Å²) in [6, 6.07) is 11.0. The highest BCUT2D eigenvalue weighted by Crippen LogP contribution is 2.41. The van der Waals surface area contributed by atoms with E-state index in [0.29, 0.717) is 30.8 Å². The molecule has 3 N–H and O–H groups in total. The van der Waals surface area contributed by atoms with Gasteiger partial charge in [-0.3, -0.25) is 20.1 Å². The van der Waals surface area contributed by atoms with E-state index in [-0.39, 0.29) is 17.4 Å². The number of hydrogen-bond donors (Lipinski definition) is 2. The number of rotatable bonds is 10. The minimum absolute atomic E-state index is 0.0222. The molecule has 7 nitrogen and oxygen atoms in total. The lowest BCUT2D eigenvalue weighted by molar-refractivity contribution is -0.137. The summed E-state index contributed by atoms with van der Waals surface area (Å²) in [5.41, 5.74) is 7.33. The van der Waals surface area contributed by atoms with Crippen molar-refractivity contribution in [2.24, 2.45) is 28.5 Å². The quantitative estimate of drug-likeness (QED) is 0.231. The zero-order valence-electron chi connectivity index (χ0n) is 24.7. The molecule has 0 radical (unpaired) electrons. The number of aliphatic imine (C=N–C) groups is 1. The molecule has 2 unspecified atom stereocenters. The van der Waals surface area contributed by atoms with Crippen LogP contribution in [0, 0.1) is 23.2 Å². The summed E-state index contributed by atoms with van der Waals surface area (Å²) in [6.45, 7) is 4.18. The van der Waals surface area contributed by atoms with Gasteiger partial charge in [-0.1, -0.05) is 62.9 Å². The molecule has 216 valence electrons. The molecule has 0 bridgehead atoms. The van der Waals surface area contributed by atoms with Gasteiger partial charge >= 0.3 is 0 Å². The minimum atomic E-state index is -0.0222. The summed E-state index contributed by atoms with van der Waals surface area (Å²) in [5, 5.41) is 7.52. The van der Waals surface area contributed by atoms with Gasteiger partial charge in [0.2, 0.25) is 11.8 Å². The Labute approximate surface area is 236 Å². The number of carbonyl (C=O) groups is 1. The maximum atomic E-state index is 13.9. The number of methoxy groups -OCH3 is 1. The Morgan fingerprint density at radius 1 is 1.15 bits per heavy atom. The van der Waals surface area contributed by atoms with Crippen LogP contribution in [0.5, 0.6) is 0 Å². The number of nitrogens with one attached hydrogen (secondary N) is 1. The van der Waals surface area contributed by atoms with Crippen molar-refractivity contribution in [1.29, 1.82) is 5.41 Å². The summed E-state index contributed by atoms with van der Waals surface area (Å²) in [5.74, 6) is 1.99. The SMILES string of the molecule is COC(=N)/C=C\C(N)=NCCCN1CCC[C@](c2ccccc2)(N(C)C)CCCC(CC2CCC2)C(C)C1=O. The molecule has 1 saturated heterocycles. The molecule has 7 heteroatoms. The molecule has 1 aliphatic carbocycles. The van der Waals surface area contributed by atoms with Gasteiger partial charge in [-0.2, -0.15) is 0 Å². The van der Waals surface area contributed by atoms with Crippen LogP contribution in [0.4, 0.5) is 0 Å². The van der Waals surface area contributed by atoms with Gasteiger partial charge in [0.05, 0.1) is 7.11 Å². The molecule has 0 aromatic heterocycles. The normalized spacial score (nSPS) is 25.9. The van der Waals surface area contributed by atoms with Gasteiger partial charge in [0.15, 0.2) is 0 Å². The molecule has 39 heavy (non-hydrogen) atoms. The fraction of sp³-hybridized carbons (Fsp3) is 0.656. The Kier molecular flexibility index (Phi) is 12.0. The van der Waals surface area contributed by atoms with Crippen LogP contribution in [0.25, 0.3) is 0 Å². The maximum Gasteiger partial charge on any atom is 0.225 e. The van der Waals surface area contributed by atoms with Gasteiger partial charge in [-0.15, -0.1) is 0 Å². The van der Waals surface area contributed by atoms with Crippen LogP contribution < -0.4 is 5.73 Å². The number of amides is 1. The van der Waals surface area contributed by atoms with Gasteiger partial charge in [-0.25, -0.2) is 0 Å². The molecule has 1 aromatic carbocycles. The topological polar surface area (TPSA) is 95.0 Å². The van der Waals surface area contributed by atoms with Crippen LogP contribution in [0.15, 0.2) is 47.5 Å². The Morgan fingerprint density at radius 3 is 2.51 bits per heavy atom. The van der Waals surface area contributed by atoms with Crippen molar-refractivity contribution >= 4 is 17.6 Å². The van der Waals surface area contributed by atoms with Crippen LogP contribution in [-0.2, 0) is 15.1 Å². The van der Waals surface area contributed by atoms with E-state index in [1.807, 2.05) is 0 Å². The molecule has 2 aliphatic rings. The lowest BCUT2D eigenvalue weighted by Gasteiger charge is -2.41. The first-order valence-electron chi connectivity index (χ1n) is 14.9. The van der Waals surface area contributed by atoms with Gasteiger partial charge in [0, 0.05) is 37.2 Å². The Balaban J connectivity index is 1.76. The Bertz CT molecular complexity index is 972. The van der Waals surface area contributed by atoms with E-state index in [4.69, 9.17) is 15.9 Å². The van der Waals surface area contributed by atoms with Crippen LogP contribution >= 0.6 is 0 Å². The second kappa shape index (κ2) is 15.2. The predicted molar refractivity (Wildman–Crippen MR) is 161 cm³/mol. The van der Waals surface area contributed by atoms with E-state index < -0.39 is 0 Å². The van der Waals surface area contributed by atoms with E-state index in [1.54, 1.807) is 6.08 Å². The number of benzene rings is 1. The third kappa shape index (κ3) is 8.66. The van der Waals surface area contributed by atoms with Crippen LogP contribution in [0.3, 0.4) is 0 Å². The van der Waals surface area contributed by atoms with Crippen molar-refractivity contribution in [1.82, 2.24) is 9.80 Å². The summed E-state index contributed by atoms with van der Waals surface area (Å²) < 4.78 is 4.82. The average Bonchev–Trinajstić information content (AvgIpc) is 2.93. The Morgan fingerprint density at radius 2 is 1.87 bits per heavy atom. The molecular formula is C32H51N5O2. The van der Waals surface area contributed by atoms with Gasteiger partial charge < -0.3 is 15.4 Å². The molecule has 1 aromatic rings. The van der Waals surface area contributed by atoms with E-state index >= 15 is 0 Å². The van der Waals surface area contributed by atoms with Crippen LogP contribution in [-0.4, -0.2) is 68.3 Å². The third-order valence-electron chi connectivity index (χ3n) is 9.13. The van der Waals surface area contributed by atoms with E-state index in [1.165, 1.54) is 44.4 Å². The monoisotopic (exact) mass is 537 g/mol. The van der Waals surface area contributed by atoms with Crippen LogP contribution in [0.2, 0.25) is 0 Å². The summed E-state index contributed by atoms with van der Waals surface area (Å²) in [7, 11) is 5.89. The number of carbonyl (C=O) groups excluding carboxylic acids is 1. The molecule has 3 atom stereocenters. The van der Waals surface area contributed by atoms with Gasteiger partial charge in [0.25, 0.3) is 0 Å². The molecule has 3 rings (SSSR count). The highest BCUT2D eigenvalue weighted by molar-refractivity contribution is 5.97. The average molecular weight is 538 g/mol. The van der Waals surface area contributed by atoms with Gasteiger partial charge in [0.1, 0.15) is 5.84 Å². The zero-order valence-corrected chi connectivity index (χ0v) is 24.7. The van der Waals surface area contributed by atoms with E-state index in [2.05, 4.69) is 66.1 Å². The zero-order chi connectivity index (χ0) is 28.3. The number of hydrogen-bond acceptors (Lipinski definition) is 5. The molecule has 1 amide bonds. The summed E-state index contributed by atoms with van der Waals surface area (Å²) in [6.07, 6.45) is 14.4. The fourth-order valence-electron chi connectivity index (χ4n) is 6.39. The molecule has 1 saturated carbocycles. The summed E-state index contributed by atoms with van der Waals surface area (Å²) >= 11 is 0. The molecule has 1 heterocycles. The first kappa shape index (κ1) is 30.9. The predicted octanol–water partition coefficient (Wildman–Crippen LogP) is 5.61. The smallest absolute Gasteiger partial charge is 0.225 e. The van der Waals surface area contributed by atoms with Gasteiger partial charge in [-0.05, 0) is 76.1 Å². The fourth-order valence-corrected chi connectivity index (χ4v) is 6.39. The summed E-state index contributed by atoms with van der Waals surface area (Å²) in [4.78, 5) is 22.8. The first-order valence-corrected chi connectivity index (χ1v) is 14.9. The Hall–Kier alpha value is -2.67. The van der Waals surface area contributed by atoms with Crippen molar-refractivity contribution in [2.45, 2.75) is 76.7 Å². The molecule has 2 fully saturated rings. The molecule has 1 aliphatic heterocycles. The van der Waals surface area contributed by atoms with E-state index in [9.17, 15) is 4.79 Å². The number of ether oxygens (including phenoxy) is 1. The lowest BCUT2D eigenvalue weighted by Crippen LogP contribution is -2.43. The van der Waals surface area contributed by atoms with E-state index in [0.717, 1.165) is 51.0 Å². The minimum Gasteiger partial charge on any atom is -0.481 e. The van der Waals surface area contributed by atoms with Crippen molar-refractivity contribution in [3.05, 3.63) is 48.0 Å². The molecule has 0 spiro atoms. The van der Waals surface area contributed by atoms with Crippen molar-refractivity contribution < 1.29 is 9.53 Å². The number of nitrogens with zero attached hydrogens (tertiary/aromatic N) is 3. The first-order chi connectivity index (χ1) is 18.8. The van der Waals surface area contributed by atoms with Crippen molar-refractivity contribution in [3.8, 4) is 0 Å².